The van der Waals surface area contributed by atoms with E-state index in [0.717, 1.165) is 0 Å². The van der Waals surface area contributed by atoms with E-state index < -0.39 is 5.60 Å². The first-order chi connectivity index (χ1) is 11.1. The van der Waals surface area contributed by atoms with Crippen LogP contribution in [0.3, 0.4) is 0 Å². The number of hydrogen-bond donors (Lipinski definition) is 1. The number of amides is 1. The molecule has 24 heavy (non-hydrogen) atoms. The molecule has 1 amide bonds. The van der Waals surface area contributed by atoms with Crippen molar-refractivity contribution in [2.75, 3.05) is 18.4 Å². The predicted molar refractivity (Wildman–Crippen MR) is 99.8 cm³/mol. The predicted octanol–water partition coefficient (Wildman–Crippen LogP) is 4.96. The van der Waals surface area contributed by atoms with Crippen LogP contribution < -0.4 is 5.32 Å². The number of nitrogens with zero attached hydrogens (tertiary/aromatic N) is 1. The summed E-state index contributed by atoms with van der Waals surface area (Å²) in [6.45, 7) is 15.9. The molecule has 1 aromatic carbocycles. The number of benzene rings is 1. The number of anilines is 1. The zero-order chi connectivity index (χ0) is 18.1. The summed E-state index contributed by atoms with van der Waals surface area (Å²) in [6.07, 6.45) is -0.222. The second-order valence-corrected chi connectivity index (χ2v) is 8.38. The first-order valence-electron chi connectivity index (χ1n) is 8.95. The molecule has 4 nitrogen and oxygen atoms in total. The van der Waals surface area contributed by atoms with Crippen molar-refractivity contribution in [2.24, 2.45) is 0 Å². The van der Waals surface area contributed by atoms with Crippen LogP contribution in [0.1, 0.15) is 71.4 Å². The minimum Gasteiger partial charge on any atom is -0.444 e. The lowest BCUT2D eigenvalue weighted by atomic mass is 9.93. The van der Waals surface area contributed by atoms with Gasteiger partial charge in [0.15, 0.2) is 0 Å². The summed E-state index contributed by atoms with van der Waals surface area (Å²) in [6, 6.07) is 6.98. The van der Waals surface area contributed by atoms with Gasteiger partial charge in [0, 0.05) is 18.8 Å². The third-order valence-electron chi connectivity index (χ3n) is 4.26. The Morgan fingerprint density at radius 2 is 1.79 bits per heavy atom. The van der Waals surface area contributed by atoms with Crippen molar-refractivity contribution in [1.82, 2.24) is 4.90 Å². The van der Waals surface area contributed by atoms with Crippen molar-refractivity contribution < 1.29 is 9.53 Å². The normalized spacial score (nSPS) is 15.6. The van der Waals surface area contributed by atoms with Crippen LogP contribution in [0.15, 0.2) is 18.2 Å². The van der Waals surface area contributed by atoms with Gasteiger partial charge in [0.25, 0.3) is 0 Å². The van der Waals surface area contributed by atoms with Crippen molar-refractivity contribution in [1.29, 1.82) is 0 Å². The summed E-state index contributed by atoms with van der Waals surface area (Å²) in [5.41, 5.74) is 3.46. The van der Waals surface area contributed by atoms with Gasteiger partial charge in [-0.25, -0.2) is 4.79 Å². The molecule has 0 spiro atoms. The highest BCUT2D eigenvalue weighted by Gasteiger charge is 2.33. The molecule has 0 aliphatic carbocycles. The van der Waals surface area contributed by atoms with Crippen LogP contribution in [0.25, 0.3) is 0 Å². The number of carbonyl (C=O) groups is 1. The maximum absolute atomic E-state index is 12.0. The smallest absolute Gasteiger partial charge is 0.410 e. The maximum Gasteiger partial charge on any atom is 0.410 e. The molecule has 0 saturated carbocycles. The minimum absolute atomic E-state index is 0.222. The highest BCUT2D eigenvalue weighted by molar-refractivity contribution is 5.70. The van der Waals surface area contributed by atoms with Crippen molar-refractivity contribution >= 4 is 11.8 Å². The molecule has 1 saturated heterocycles. The van der Waals surface area contributed by atoms with Crippen LogP contribution in [-0.4, -0.2) is 35.7 Å². The van der Waals surface area contributed by atoms with Gasteiger partial charge in [-0.15, -0.1) is 0 Å². The SMILES string of the molecule is CC(C)c1ccc(NC2CN(C(=O)OC(C)(C)C)C2)c(C(C)C)c1. The summed E-state index contributed by atoms with van der Waals surface area (Å²) in [5.74, 6) is 0.996. The number of carbonyl (C=O) groups excluding carboxylic acids is 1. The van der Waals surface area contributed by atoms with E-state index >= 15 is 0 Å². The van der Waals surface area contributed by atoms with E-state index in [1.807, 2.05) is 20.8 Å². The molecule has 0 radical (unpaired) electrons. The number of ether oxygens (including phenoxy) is 1. The van der Waals surface area contributed by atoms with Crippen LogP contribution >= 0.6 is 0 Å². The number of rotatable bonds is 4. The second kappa shape index (κ2) is 7.04. The third-order valence-corrected chi connectivity index (χ3v) is 4.26. The summed E-state index contributed by atoms with van der Waals surface area (Å²) >= 11 is 0. The Labute approximate surface area is 146 Å². The lowest BCUT2D eigenvalue weighted by Gasteiger charge is -2.41. The van der Waals surface area contributed by atoms with Crippen LogP contribution in [0.5, 0.6) is 0 Å². The monoisotopic (exact) mass is 332 g/mol. The molecule has 2 rings (SSSR count). The zero-order valence-electron chi connectivity index (χ0n) is 16.1. The fourth-order valence-electron chi connectivity index (χ4n) is 2.81. The van der Waals surface area contributed by atoms with Crippen LogP contribution in [0.2, 0.25) is 0 Å². The molecule has 1 N–H and O–H groups in total. The fraction of sp³-hybridized carbons (Fsp3) is 0.650. The summed E-state index contributed by atoms with van der Waals surface area (Å²) in [4.78, 5) is 13.8. The fourth-order valence-corrected chi connectivity index (χ4v) is 2.81. The standard InChI is InChI=1S/C20H32N2O2/c1-13(2)15-8-9-18(17(10-15)14(3)4)21-16-11-22(12-16)19(23)24-20(5,6)7/h8-10,13-14,16,21H,11-12H2,1-7H3. The molecule has 1 aliphatic rings. The van der Waals surface area contributed by atoms with Gasteiger partial charge < -0.3 is 15.0 Å². The van der Waals surface area contributed by atoms with Crippen LogP contribution in [0.4, 0.5) is 10.5 Å². The summed E-state index contributed by atoms with van der Waals surface area (Å²) in [5, 5.41) is 3.59. The second-order valence-electron chi connectivity index (χ2n) is 8.38. The quantitative estimate of drug-likeness (QED) is 0.847. The highest BCUT2D eigenvalue weighted by Crippen LogP contribution is 2.30. The number of nitrogens with one attached hydrogen (secondary N) is 1. The van der Waals surface area contributed by atoms with E-state index in [-0.39, 0.29) is 6.09 Å². The van der Waals surface area contributed by atoms with Gasteiger partial charge >= 0.3 is 6.09 Å². The van der Waals surface area contributed by atoms with Crippen LogP contribution in [0, 0.1) is 0 Å². The topological polar surface area (TPSA) is 41.6 Å². The van der Waals surface area contributed by atoms with E-state index in [9.17, 15) is 4.79 Å². The molecular weight excluding hydrogens is 300 g/mol. The van der Waals surface area contributed by atoms with E-state index in [2.05, 4.69) is 51.2 Å². The minimum atomic E-state index is -0.437. The Morgan fingerprint density at radius 1 is 1.17 bits per heavy atom. The molecule has 134 valence electrons. The molecular formula is C20H32N2O2. The van der Waals surface area contributed by atoms with Crippen molar-refractivity contribution in [3.8, 4) is 0 Å². The van der Waals surface area contributed by atoms with E-state index in [0.29, 0.717) is 31.0 Å². The lowest BCUT2D eigenvalue weighted by molar-refractivity contribution is 0.0105. The molecule has 0 unspecified atom stereocenters. The van der Waals surface area contributed by atoms with Gasteiger partial charge in [0.05, 0.1) is 6.04 Å². The molecule has 4 heteroatoms. The van der Waals surface area contributed by atoms with Gasteiger partial charge in [-0.2, -0.15) is 0 Å². The average molecular weight is 332 g/mol. The number of hydrogen-bond acceptors (Lipinski definition) is 3. The largest absolute Gasteiger partial charge is 0.444 e. The van der Waals surface area contributed by atoms with E-state index in [4.69, 9.17) is 4.74 Å². The maximum atomic E-state index is 12.0. The summed E-state index contributed by atoms with van der Waals surface area (Å²) < 4.78 is 5.40. The number of likely N-dealkylation sites (tertiary alicyclic amines) is 1. The first-order valence-corrected chi connectivity index (χ1v) is 8.95. The Hall–Kier alpha value is -1.71. The van der Waals surface area contributed by atoms with Gasteiger partial charge in [-0.3, -0.25) is 0 Å². The van der Waals surface area contributed by atoms with E-state index in [1.165, 1.54) is 16.8 Å². The third kappa shape index (κ3) is 4.65. The molecule has 0 atom stereocenters. The first kappa shape index (κ1) is 18.6. The lowest BCUT2D eigenvalue weighted by Crippen LogP contribution is -2.58. The Morgan fingerprint density at radius 3 is 2.29 bits per heavy atom. The molecule has 1 aromatic rings. The van der Waals surface area contributed by atoms with Crippen LogP contribution in [-0.2, 0) is 4.74 Å². The Kier molecular flexibility index (Phi) is 5.46. The van der Waals surface area contributed by atoms with E-state index in [1.54, 1.807) is 4.90 Å². The average Bonchev–Trinajstić information content (AvgIpc) is 2.39. The van der Waals surface area contributed by atoms with Gasteiger partial charge in [-0.1, -0.05) is 39.8 Å². The molecule has 1 heterocycles. The molecule has 0 bridgehead atoms. The Bertz CT molecular complexity index is 582. The Balaban J connectivity index is 1.97. The molecule has 1 fully saturated rings. The zero-order valence-corrected chi connectivity index (χ0v) is 16.1. The van der Waals surface area contributed by atoms with Gasteiger partial charge in [-0.05, 0) is 49.8 Å². The van der Waals surface area contributed by atoms with Crippen molar-refractivity contribution in [2.45, 2.75) is 71.9 Å². The van der Waals surface area contributed by atoms with Crippen molar-refractivity contribution in [3.63, 3.8) is 0 Å². The molecule has 0 aromatic heterocycles. The van der Waals surface area contributed by atoms with Crippen molar-refractivity contribution in [3.05, 3.63) is 29.3 Å². The molecule has 1 aliphatic heterocycles. The van der Waals surface area contributed by atoms with Gasteiger partial charge in [0.2, 0.25) is 0 Å². The van der Waals surface area contributed by atoms with Gasteiger partial charge in [0.1, 0.15) is 5.60 Å². The highest BCUT2D eigenvalue weighted by atomic mass is 16.6. The summed E-state index contributed by atoms with van der Waals surface area (Å²) in [7, 11) is 0.